The Hall–Kier alpha value is -1.29. The van der Waals surface area contributed by atoms with Gasteiger partial charge in [-0.3, -0.25) is 0 Å². The molecule has 0 spiro atoms. The number of nitrogens with zero attached hydrogens (tertiary/aromatic N) is 2. The van der Waals surface area contributed by atoms with Crippen molar-refractivity contribution in [3.05, 3.63) is 28.7 Å². The predicted molar refractivity (Wildman–Crippen MR) is 79.6 cm³/mol. The third kappa shape index (κ3) is 4.60. The largest absolute Gasteiger partial charge is 0.340 e. The summed E-state index contributed by atoms with van der Waals surface area (Å²) in [5.41, 5.74) is 0. The number of thiophene rings is 1. The van der Waals surface area contributed by atoms with Gasteiger partial charge >= 0.3 is 0 Å². The Morgan fingerprint density at radius 3 is 2.86 bits per heavy atom. The standard InChI is InChI=1S/C12H18N4O3S2/c1-3-13-7-6-10-4-5-12(20-10)21(17,18)14-8-11-15-9(2)19-16-11/h4-5,13-14H,3,6-8H2,1-2H3. The maximum atomic E-state index is 12.2. The lowest BCUT2D eigenvalue weighted by molar-refractivity contribution is 0.387. The molecule has 2 heterocycles. The van der Waals surface area contributed by atoms with Crippen LogP contribution >= 0.6 is 11.3 Å². The molecule has 2 aromatic rings. The fraction of sp³-hybridized carbons (Fsp3) is 0.500. The Bertz CT molecular complexity index is 678. The first-order chi connectivity index (χ1) is 10.0. The van der Waals surface area contributed by atoms with Crippen molar-refractivity contribution in [3.8, 4) is 0 Å². The first-order valence-corrected chi connectivity index (χ1v) is 8.89. The van der Waals surface area contributed by atoms with Crippen LogP contribution in [0.15, 0.2) is 20.9 Å². The summed E-state index contributed by atoms with van der Waals surface area (Å²) in [5, 5.41) is 6.86. The molecule has 9 heteroatoms. The van der Waals surface area contributed by atoms with E-state index in [1.807, 2.05) is 13.0 Å². The van der Waals surface area contributed by atoms with Crippen molar-refractivity contribution in [1.82, 2.24) is 20.2 Å². The number of sulfonamides is 1. The number of hydrogen-bond acceptors (Lipinski definition) is 7. The molecule has 0 aliphatic rings. The summed E-state index contributed by atoms with van der Waals surface area (Å²) in [6.45, 7) is 5.45. The van der Waals surface area contributed by atoms with E-state index < -0.39 is 10.0 Å². The van der Waals surface area contributed by atoms with E-state index in [2.05, 4.69) is 20.2 Å². The lowest BCUT2D eigenvalue weighted by atomic mass is 10.3. The number of likely N-dealkylation sites (N-methyl/N-ethyl adjacent to an activating group) is 1. The predicted octanol–water partition coefficient (Wildman–Crippen LogP) is 1.07. The summed E-state index contributed by atoms with van der Waals surface area (Å²) in [6, 6.07) is 3.46. The van der Waals surface area contributed by atoms with Crippen molar-refractivity contribution in [2.24, 2.45) is 0 Å². The van der Waals surface area contributed by atoms with Crippen LogP contribution in [0.3, 0.4) is 0 Å². The molecule has 2 rings (SSSR count). The molecule has 0 atom stereocenters. The minimum Gasteiger partial charge on any atom is -0.340 e. The van der Waals surface area contributed by atoms with Crippen LogP contribution in [-0.4, -0.2) is 31.6 Å². The van der Waals surface area contributed by atoms with Crippen LogP contribution in [-0.2, 0) is 23.0 Å². The zero-order valence-corrected chi connectivity index (χ0v) is 13.6. The van der Waals surface area contributed by atoms with Gasteiger partial charge in [0.2, 0.25) is 15.9 Å². The lowest BCUT2D eigenvalue weighted by Crippen LogP contribution is -2.23. The van der Waals surface area contributed by atoms with Gasteiger partial charge in [0.25, 0.3) is 0 Å². The average molecular weight is 330 g/mol. The summed E-state index contributed by atoms with van der Waals surface area (Å²) in [6.07, 6.45) is 0.818. The fourth-order valence-corrected chi connectivity index (χ4v) is 4.05. The van der Waals surface area contributed by atoms with Crippen molar-refractivity contribution < 1.29 is 12.9 Å². The molecular formula is C12H18N4O3S2. The van der Waals surface area contributed by atoms with Gasteiger partial charge < -0.3 is 9.84 Å². The molecule has 0 unspecified atom stereocenters. The quantitative estimate of drug-likeness (QED) is 0.703. The van der Waals surface area contributed by atoms with Crippen molar-refractivity contribution >= 4 is 21.4 Å². The van der Waals surface area contributed by atoms with Crippen LogP contribution in [0.1, 0.15) is 23.5 Å². The maximum Gasteiger partial charge on any atom is 0.250 e. The van der Waals surface area contributed by atoms with Gasteiger partial charge in [0.15, 0.2) is 5.82 Å². The SMILES string of the molecule is CCNCCc1ccc(S(=O)(=O)NCc2noc(C)n2)s1. The van der Waals surface area contributed by atoms with Gasteiger partial charge in [0, 0.05) is 11.8 Å². The van der Waals surface area contributed by atoms with E-state index in [4.69, 9.17) is 4.52 Å². The van der Waals surface area contributed by atoms with Crippen molar-refractivity contribution in [1.29, 1.82) is 0 Å². The molecule has 0 saturated carbocycles. The molecule has 0 bridgehead atoms. The molecule has 0 aliphatic heterocycles. The Kier molecular flexibility index (Phi) is 5.45. The molecule has 2 aromatic heterocycles. The van der Waals surface area contributed by atoms with Gasteiger partial charge in [0.05, 0.1) is 6.54 Å². The lowest BCUT2D eigenvalue weighted by Gasteiger charge is -2.01. The number of aryl methyl sites for hydroxylation is 1. The Labute approximate surface area is 127 Å². The van der Waals surface area contributed by atoms with Crippen molar-refractivity contribution in [2.45, 2.75) is 31.0 Å². The number of hydrogen-bond donors (Lipinski definition) is 2. The second-order valence-corrected chi connectivity index (χ2v) is 7.54. The molecule has 0 aliphatic carbocycles. The van der Waals surface area contributed by atoms with Crippen LogP contribution in [0.5, 0.6) is 0 Å². The molecule has 0 amide bonds. The second kappa shape index (κ2) is 7.12. The average Bonchev–Trinajstić information content (AvgIpc) is 3.06. The second-order valence-electron chi connectivity index (χ2n) is 4.38. The highest BCUT2D eigenvalue weighted by Gasteiger charge is 2.17. The number of nitrogens with one attached hydrogen (secondary N) is 2. The minimum absolute atomic E-state index is 0.0182. The summed E-state index contributed by atoms with van der Waals surface area (Å²) in [4.78, 5) is 4.99. The zero-order valence-electron chi connectivity index (χ0n) is 11.9. The van der Waals surface area contributed by atoms with Crippen molar-refractivity contribution in [2.75, 3.05) is 13.1 Å². The van der Waals surface area contributed by atoms with Gasteiger partial charge in [0.1, 0.15) is 4.21 Å². The monoisotopic (exact) mass is 330 g/mol. The summed E-state index contributed by atoms with van der Waals surface area (Å²) >= 11 is 1.28. The maximum absolute atomic E-state index is 12.2. The number of aromatic nitrogens is 2. The van der Waals surface area contributed by atoms with E-state index in [-0.39, 0.29) is 6.54 Å². The third-order valence-corrected chi connectivity index (χ3v) is 5.73. The Morgan fingerprint density at radius 2 is 2.19 bits per heavy atom. The van der Waals surface area contributed by atoms with E-state index in [0.29, 0.717) is 15.9 Å². The van der Waals surface area contributed by atoms with E-state index in [0.717, 1.165) is 24.4 Å². The highest BCUT2D eigenvalue weighted by molar-refractivity contribution is 7.91. The minimum atomic E-state index is -3.53. The molecule has 7 nitrogen and oxygen atoms in total. The van der Waals surface area contributed by atoms with Crippen molar-refractivity contribution in [3.63, 3.8) is 0 Å². The van der Waals surface area contributed by atoms with Gasteiger partial charge in [-0.25, -0.2) is 13.1 Å². The van der Waals surface area contributed by atoms with Crippen LogP contribution in [0.2, 0.25) is 0 Å². The normalized spacial score (nSPS) is 11.9. The molecule has 0 saturated heterocycles. The highest BCUT2D eigenvalue weighted by Crippen LogP contribution is 2.21. The van der Waals surface area contributed by atoms with Gasteiger partial charge in [-0.1, -0.05) is 12.1 Å². The highest BCUT2D eigenvalue weighted by atomic mass is 32.2. The smallest absolute Gasteiger partial charge is 0.250 e. The summed E-state index contributed by atoms with van der Waals surface area (Å²) < 4.78 is 31.9. The van der Waals surface area contributed by atoms with Crippen LogP contribution in [0.25, 0.3) is 0 Å². The third-order valence-electron chi connectivity index (χ3n) is 2.69. The molecule has 116 valence electrons. The van der Waals surface area contributed by atoms with E-state index in [1.165, 1.54) is 11.3 Å². The van der Waals surface area contributed by atoms with Gasteiger partial charge in [-0.2, -0.15) is 4.98 Å². The Morgan fingerprint density at radius 1 is 1.38 bits per heavy atom. The van der Waals surface area contributed by atoms with Gasteiger partial charge in [-0.05, 0) is 31.6 Å². The summed E-state index contributed by atoms with van der Waals surface area (Å²) in [7, 11) is -3.53. The first-order valence-electron chi connectivity index (χ1n) is 6.59. The number of rotatable bonds is 8. The topological polar surface area (TPSA) is 97.1 Å². The zero-order chi connectivity index (χ0) is 15.3. The molecular weight excluding hydrogens is 312 g/mol. The fourth-order valence-electron chi connectivity index (χ4n) is 1.67. The molecule has 0 fully saturated rings. The van der Waals surface area contributed by atoms with E-state index in [1.54, 1.807) is 13.0 Å². The van der Waals surface area contributed by atoms with Gasteiger partial charge in [-0.15, -0.1) is 11.3 Å². The first kappa shape index (κ1) is 16.1. The van der Waals surface area contributed by atoms with E-state index in [9.17, 15) is 8.42 Å². The van der Waals surface area contributed by atoms with E-state index >= 15 is 0 Å². The summed E-state index contributed by atoms with van der Waals surface area (Å²) in [5.74, 6) is 0.728. The molecule has 0 aromatic carbocycles. The molecule has 21 heavy (non-hydrogen) atoms. The molecule has 0 radical (unpaired) electrons. The van der Waals surface area contributed by atoms with Crippen LogP contribution < -0.4 is 10.0 Å². The Balaban J connectivity index is 1.95. The van der Waals surface area contributed by atoms with Crippen LogP contribution in [0.4, 0.5) is 0 Å². The molecule has 2 N–H and O–H groups in total. The van der Waals surface area contributed by atoms with Crippen LogP contribution in [0, 0.1) is 6.92 Å².